The lowest BCUT2D eigenvalue weighted by atomic mass is 10.1. The van der Waals surface area contributed by atoms with E-state index in [1.807, 2.05) is 71.5 Å². The Hall–Kier alpha value is -3.86. The van der Waals surface area contributed by atoms with Crippen LogP contribution in [0.4, 0.5) is 0 Å². The molecule has 0 bridgehead atoms. The first kappa shape index (κ1) is 20.1. The second kappa shape index (κ2) is 9.10. The standard InChI is InChI=1S/C27H25N3O2/c1-2-16-30-25-17-23(15-9-14-22(25)18-28-30)31-19-24-26(20-10-5-3-6-11-20)32-27(29-24)21-12-7-4-8-13-21/h3-8,10-15,17-18H,2,9,16,19H2,1H3. The van der Waals surface area contributed by atoms with Gasteiger partial charge in [-0.3, -0.25) is 4.68 Å². The van der Waals surface area contributed by atoms with Crippen LogP contribution < -0.4 is 10.6 Å². The quantitative estimate of drug-likeness (QED) is 0.433. The predicted octanol–water partition coefficient (Wildman–Crippen LogP) is 4.68. The minimum absolute atomic E-state index is 0.320. The Morgan fingerprint density at radius 1 is 0.969 bits per heavy atom. The molecule has 4 aromatic rings. The molecule has 1 aliphatic rings. The van der Waals surface area contributed by atoms with E-state index in [2.05, 4.69) is 30.3 Å². The number of allylic oxidation sites excluding steroid dienone is 2. The highest BCUT2D eigenvalue weighted by atomic mass is 16.5. The Morgan fingerprint density at radius 3 is 2.47 bits per heavy atom. The van der Waals surface area contributed by atoms with Gasteiger partial charge in [0.05, 0.1) is 11.5 Å². The lowest BCUT2D eigenvalue weighted by Crippen LogP contribution is -2.29. The minimum Gasteiger partial charge on any atom is -0.487 e. The molecule has 5 rings (SSSR count). The number of ether oxygens (including phenoxy) is 1. The first-order chi connectivity index (χ1) is 15.8. The van der Waals surface area contributed by atoms with E-state index in [-0.39, 0.29) is 0 Å². The monoisotopic (exact) mass is 423 g/mol. The Kier molecular flexibility index (Phi) is 5.71. The number of aromatic nitrogens is 3. The van der Waals surface area contributed by atoms with Crippen molar-refractivity contribution in [3.63, 3.8) is 0 Å². The highest BCUT2D eigenvalue weighted by Crippen LogP contribution is 2.30. The number of benzene rings is 2. The van der Waals surface area contributed by atoms with Crippen LogP contribution in [0.15, 0.2) is 83.1 Å². The zero-order valence-electron chi connectivity index (χ0n) is 18.1. The molecule has 0 amide bonds. The fourth-order valence-electron chi connectivity index (χ4n) is 3.83. The second-order valence-corrected chi connectivity index (χ2v) is 7.71. The van der Waals surface area contributed by atoms with Gasteiger partial charge in [-0.25, -0.2) is 4.98 Å². The van der Waals surface area contributed by atoms with E-state index in [9.17, 15) is 0 Å². The molecule has 0 saturated heterocycles. The zero-order chi connectivity index (χ0) is 21.8. The molecule has 2 heterocycles. The maximum absolute atomic E-state index is 6.24. The van der Waals surface area contributed by atoms with Crippen LogP contribution in [0.25, 0.3) is 34.9 Å². The van der Waals surface area contributed by atoms with Crippen molar-refractivity contribution in [1.29, 1.82) is 0 Å². The minimum atomic E-state index is 0.320. The van der Waals surface area contributed by atoms with Gasteiger partial charge < -0.3 is 9.15 Å². The summed E-state index contributed by atoms with van der Waals surface area (Å²) in [6.45, 7) is 3.36. The number of fused-ring (bicyclic) bond motifs is 1. The molecule has 0 fully saturated rings. The van der Waals surface area contributed by atoms with Gasteiger partial charge in [-0.2, -0.15) is 5.10 Å². The molecule has 2 aromatic heterocycles. The Bertz CT molecular complexity index is 1350. The summed E-state index contributed by atoms with van der Waals surface area (Å²) in [5.74, 6) is 2.15. The summed E-state index contributed by atoms with van der Waals surface area (Å²) in [7, 11) is 0. The van der Waals surface area contributed by atoms with Crippen molar-refractivity contribution in [2.75, 3.05) is 0 Å². The van der Waals surface area contributed by atoms with Crippen molar-refractivity contribution >= 4 is 12.2 Å². The van der Waals surface area contributed by atoms with E-state index in [0.717, 1.165) is 58.3 Å². The normalized spacial score (nSPS) is 12.8. The maximum atomic E-state index is 6.24. The van der Waals surface area contributed by atoms with Crippen LogP contribution >= 0.6 is 0 Å². The molecular formula is C27H25N3O2. The van der Waals surface area contributed by atoms with E-state index >= 15 is 0 Å². The molecule has 0 atom stereocenters. The molecule has 0 radical (unpaired) electrons. The first-order valence-electron chi connectivity index (χ1n) is 11.0. The van der Waals surface area contributed by atoms with Gasteiger partial charge in [0.15, 0.2) is 5.76 Å². The lowest BCUT2D eigenvalue weighted by Gasteiger charge is -2.07. The molecular weight excluding hydrogens is 398 g/mol. The smallest absolute Gasteiger partial charge is 0.227 e. The van der Waals surface area contributed by atoms with Gasteiger partial charge in [0, 0.05) is 29.0 Å². The SMILES string of the molecule is CCCn1ncc2c1=CC(OCc1nc(-c3ccccc3)oc1-c1ccccc1)=CCC=2. The summed E-state index contributed by atoms with van der Waals surface area (Å²) in [4.78, 5) is 4.79. The molecule has 32 heavy (non-hydrogen) atoms. The van der Waals surface area contributed by atoms with Gasteiger partial charge in [-0.1, -0.05) is 61.5 Å². The third-order valence-electron chi connectivity index (χ3n) is 5.41. The van der Waals surface area contributed by atoms with Crippen LogP contribution in [-0.4, -0.2) is 14.8 Å². The third-order valence-corrected chi connectivity index (χ3v) is 5.41. The van der Waals surface area contributed by atoms with E-state index in [4.69, 9.17) is 14.1 Å². The summed E-state index contributed by atoms with van der Waals surface area (Å²) in [5.41, 5.74) is 2.70. The summed E-state index contributed by atoms with van der Waals surface area (Å²) in [5, 5.41) is 6.75. The maximum Gasteiger partial charge on any atom is 0.227 e. The predicted molar refractivity (Wildman–Crippen MR) is 126 cm³/mol. The summed E-state index contributed by atoms with van der Waals surface area (Å²) < 4.78 is 14.5. The Balaban J connectivity index is 1.46. The van der Waals surface area contributed by atoms with Crippen LogP contribution in [-0.2, 0) is 17.9 Å². The average Bonchev–Trinajstić information content (AvgIpc) is 3.37. The van der Waals surface area contributed by atoms with E-state index in [1.165, 1.54) is 0 Å². The van der Waals surface area contributed by atoms with Crippen LogP contribution in [0.5, 0.6) is 0 Å². The van der Waals surface area contributed by atoms with Gasteiger partial charge in [0.2, 0.25) is 5.89 Å². The molecule has 1 aliphatic carbocycles. The number of hydrogen-bond donors (Lipinski definition) is 0. The number of aryl methyl sites for hydroxylation is 1. The summed E-state index contributed by atoms with van der Waals surface area (Å²) >= 11 is 0. The fraction of sp³-hybridized carbons (Fsp3) is 0.185. The topological polar surface area (TPSA) is 53.1 Å². The largest absolute Gasteiger partial charge is 0.487 e. The summed E-state index contributed by atoms with van der Waals surface area (Å²) in [6, 6.07) is 20.0. The second-order valence-electron chi connectivity index (χ2n) is 7.71. The number of oxazole rings is 1. The third kappa shape index (κ3) is 4.14. The van der Waals surface area contributed by atoms with Crippen molar-refractivity contribution in [3.05, 3.63) is 95.0 Å². The van der Waals surface area contributed by atoms with Crippen LogP contribution in [0.1, 0.15) is 25.5 Å². The number of hydrogen-bond acceptors (Lipinski definition) is 4. The Labute approximate surface area is 187 Å². The van der Waals surface area contributed by atoms with Gasteiger partial charge >= 0.3 is 0 Å². The van der Waals surface area contributed by atoms with Gasteiger partial charge in [-0.05, 0) is 31.1 Å². The van der Waals surface area contributed by atoms with E-state index < -0.39 is 0 Å². The molecule has 2 aromatic carbocycles. The molecule has 5 heteroatoms. The first-order valence-corrected chi connectivity index (χ1v) is 11.0. The lowest BCUT2D eigenvalue weighted by molar-refractivity contribution is 0.212. The molecule has 0 aliphatic heterocycles. The molecule has 160 valence electrons. The molecule has 0 N–H and O–H groups in total. The van der Waals surface area contributed by atoms with Crippen molar-refractivity contribution in [1.82, 2.24) is 14.8 Å². The number of nitrogens with zero attached hydrogens (tertiary/aromatic N) is 3. The van der Waals surface area contributed by atoms with Crippen molar-refractivity contribution in [2.45, 2.75) is 32.9 Å². The van der Waals surface area contributed by atoms with Crippen molar-refractivity contribution < 1.29 is 9.15 Å². The van der Waals surface area contributed by atoms with E-state index in [1.54, 1.807) is 0 Å². The number of rotatable bonds is 7. The van der Waals surface area contributed by atoms with Crippen LogP contribution in [0, 0.1) is 0 Å². The molecule has 0 spiro atoms. The fourth-order valence-corrected chi connectivity index (χ4v) is 3.83. The molecule has 0 unspecified atom stereocenters. The highest BCUT2D eigenvalue weighted by molar-refractivity contribution is 5.64. The van der Waals surface area contributed by atoms with E-state index in [0.29, 0.717) is 12.5 Å². The highest BCUT2D eigenvalue weighted by Gasteiger charge is 2.17. The van der Waals surface area contributed by atoms with Crippen LogP contribution in [0.3, 0.4) is 0 Å². The average molecular weight is 424 g/mol. The van der Waals surface area contributed by atoms with Crippen molar-refractivity contribution in [2.24, 2.45) is 0 Å². The molecule has 5 nitrogen and oxygen atoms in total. The van der Waals surface area contributed by atoms with Gasteiger partial charge in [-0.15, -0.1) is 0 Å². The zero-order valence-corrected chi connectivity index (χ0v) is 18.1. The Morgan fingerprint density at radius 2 is 1.72 bits per heavy atom. The molecule has 0 saturated carbocycles. The van der Waals surface area contributed by atoms with Gasteiger partial charge in [0.25, 0.3) is 0 Å². The van der Waals surface area contributed by atoms with Crippen molar-refractivity contribution in [3.8, 4) is 22.8 Å². The summed E-state index contributed by atoms with van der Waals surface area (Å²) in [6.07, 6.45) is 10.1. The van der Waals surface area contributed by atoms with Gasteiger partial charge in [0.1, 0.15) is 18.1 Å². The van der Waals surface area contributed by atoms with Crippen LogP contribution in [0.2, 0.25) is 0 Å².